The molecule has 46 heavy (non-hydrogen) atoms. The third kappa shape index (κ3) is 7.76. The molecule has 3 unspecified atom stereocenters. The van der Waals surface area contributed by atoms with Crippen molar-refractivity contribution in [3.05, 3.63) is 148 Å². The van der Waals surface area contributed by atoms with Crippen LogP contribution in [0.25, 0.3) is 10.8 Å². The van der Waals surface area contributed by atoms with Crippen molar-refractivity contribution in [2.75, 3.05) is 13.2 Å². The first-order chi connectivity index (χ1) is 22.5. The van der Waals surface area contributed by atoms with Gasteiger partial charge in [-0.1, -0.05) is 103 Å². The van der Waals surface area contributed by atoms with Crippen LogP contribution in [0.5, 0.6) is 5.75 Å². The minimum absolute atomic E-state index is 0.0727. The fourth-order valence-electron chi connectivity index (χ4n) is 6.13. The van der Waals surface area contributed by atoms with Crippen LogP contribution < -0.4 is 4.74 Å². The van der Waals surface area contributed by atoms with Crippen molar-refractivity contribution in [3.8, 4) is 5.75 Å². The predicted octanol–water partition coefficient (Wildman–Crippen LogP) is 9.78. The van der Waals surface area contributed by atoms with Gasteiger partial charge in [-0.2, -0.15) is 0 Å². The van der Waals surface area contributed by atoms with E-state index in [1.807, 2.05) is 78.9 Å². The van der Waals surface area contributed by atoms with Crippen LogP contribution >= 0.6 is 11.6 Å². The first kappa shape index (κ1) is 32.1. The van der Waals surface area contributed by atoms with E-state index in [1.54, 1.807) is 6.92 Å². The molecule has 0 N–H and O–H groups in total. The molecule has 238 valence electrons. The molecule has 3 atom stereocenters. The van der Waals surface area contributed by atoms with Gasteiger partial charge in [-0.25, -0.2) is 8.78 Å². The highest BCUT2D eigenvalue weighted by atomic mass is 35.5. The van der Waals surface area contributed by atoms with Crippen LogP contribution in [0.4, 0.5) is 8.78 Å². The minimum atomic E-state index is -0.735. The molecule has 0 amide bonds. The van der Waals surface area contributed by atoms with Gasteiger partial charge in [-0.15, -0.1) is 0 Å². The zero-order valence-electron chi connectivity index (χ0n) is 25.8. The fourth-order valence-corrected chi connectivity index (χ4v) is 6.41. The van der Waals surface area contributed by atoms with E-state index in [9.17, 15) is 8.78 Å². The maximum absolute atomic E-state index is 14.8. The third-order valence-corrected chi connectivity index (χ3v) is 8.72. The summed E-state index contributed by atoms with van der Waals surface area (Å²) in [6.07, 6.45) is 0.989. The third-order valence-electron chi connectivity index (χ3n) is 8.28. The molecule has 1 fully saturated rings. The van der Waals surface area contributed by atoms with Gasteiger partial charge in [0.2, 0.25) is 0 Å². The largest absolute Gasteiger partial charge is 0.488 e. The van der Waals surface area contributed by atoms with Gasteiger partial charge in [0, 0.05) is 18.2 Å². The van der Waals surface area contributed by atoms with E-state index < -0.39 is 11.6 Å². The molecule has 6 rings (SSSR count). The molecule has 1 saturated heterocycles. The summed E-state index contributed by atoms with van der Waals surface area (Å²) in [6, 6.07) is 32.8. The molecule has 7 heteroatoms. The number of fused-ring (bicyclic) bond motifs is 1. The van der Waals surface area contributed by atoms with Crippen LogP contribution in [0.15, 0.2) is 103 Å². The molecule has 1 aliphatic heterocycles. The second-order valence-corrected chi connectivity index (χ2v) is 12.0. The average molecular weight is 643 g/mol. The number of hydrogen-bond donors (Lipinski definition) is 0. The zero-order chi connectivity index (χ0) is 31.9. The van der Waals surface area contributed by atoms with Crippen LogP contribution in [-0.4, -0.2) is 25.4 Å². The molecular weight excluding hydrogens is 606 g/mol. The van der Waals surface area contributed by atoms with Crippen molar-refractivity contribution in [3.63, 3.8) is 0 Å². The zero-order valence-corrected chi connectivity index (χ0v) is 26.5. The van der Waals surface area contributed by atoms with E-state index in [0.717, 1.165) is 33.0 Å². The lowest BCUT2D eigenvalue weighted by Crippen LogP contribution is -2.35. The molecule has 0 aromatic heterocycles. The topological polar surface area (TPSA) is 36.9 Å². The van der Waals surface area contributed by atoms with Crippen molar-refractivity contribution < 1.29 is 27.7 Å². The molecule has 1 aliphatic rings. The van der Waals surface area contributed by atoms with Crippen molar-refractivity contribution in [1.82, 2.24) is 0 Å². The maximum Gasteiger partial charge on any atom is 0.190 e. The highest BCUT2D eigenvalue weighted by molar-refractivity contribution is 6.36. The minimum Gasteiger partial charge on any atom is -0.488 e. The van der Waals surface area contributed by atoms with Gasteiger partial charge in [0.1, 0.15) is 0 Å². The fraction of sp³-hybridized carbons (Fsp3) is 0.282. The molecule has 0 spiro atoms. The number of benzene rings is 5. The average Bonchev–Trinajstić information content (AvgIpc) is 3.08. The summed E-state index contributed by atoms with van der Waals surface area (Å²) in [5.41, 5.74) is 4.38. The molecular formula is C39H37ClF2O4. The number of rotatable bonds is 12. The monoisotopic (exact) mass is 642 g/mol. The summed E-state index contributed by atoms with van der Waals surface area (Å²) < 4.78 is 54.1. The Balaban J connectivity index is 1.29. The Hall–Kier alpha value is -3.81. The Morgan fingerprint density at radius 3 is 2.07 bits per heavy atom. The van der Waals surface area contributed by atoms with Crippen molar-refractivity contribution in [2.24, 2.45) is 0 Å². The lowest BCUT2D eigenvalue weighted by Gasteiger charge is -2.36. The van der Waals surface area contributed by atoms with E-state index in [-0.39, 0.29) is 37.1 Å². The van der Waals surface area contributed by atoms with E-state index in [4.69, 9.17) is 30.5 Å². The van der Waals surface area contributed by atoms with Crippen molar-refractivity contribution in [2.45, 2.75) is 57.7 Å². The molecule has 4 nitrogen and oxygen atoms in total. The first-order valence-corrected chi connectivity index (χ1v) is 16.1. The van der Waals surface area contributed by atoms with E-state index in [2.05, 4.69) is 12.1 Å². The maximum atomic E-state index is 14.8. The Bertz CT molecular complexity index is 1730. The van der Waals surface area contributed by atoms with Gasteiger partial charge >= 0.3 is 0 Å². The van der Waals surface area contributed by atoms with Crippen LogP contribution in [0.3, 0.4) is 0 Å². The Morgan fingerprint density at radius 1 is 0.761 bits per heavy atom. The Labute approximate surface area is 273 Å². The predicted molar refractivity (Wildman–Crippen MR) is 177 cm³/mol. The summed E-state index contributed by atoms with van der Waals surface area (Å²) in [5.74, 6) is -1.84. The molecule has 0 saturated carbocycles. The quantitative estimate of drug-likeness (QED) is 0.136. The van der Waals surface area contributed by atoms with Gasteiger partial charge in [0.05, 0.1) is 49.8 Å². The number of ether oxygens (including phenoxy) is 4. The smallest absolute Gasteiger partial charge is 0.190 e. The normalized spacial score (nSPS) is 18.1. The van der Waals surface area contributed by atoms with Crippen LogP contribution in [-0.2, 0) is 33.8 Å². The van der Waals surface area contributed by atoms with E-state index >= 15 is 0 Å². The molecule has 0 bridgehead atoms. The summed E-state index contributed by atoms with van der Waals surface area (Å²) >= 11 is 6.97. The molecule has 0 radical (unpaired) electrons. The molecule has 1 heterocycles. The second-order valence-electron chi connectivity index (χ2n) is 11.6. The summed E-state index contributed by atoms with van der Waals surface area (Å²) in [4.78, 5) is 0. The molecule has 5 aromatic carbocycles. The number of hydrogen-bond acceptors (Lipinski definition) is 4. The highest BCUT2D eigenvalue weighted by Gasteiger charge is 2.33. The Kier molecular flexibility index (Phi) is 10.6. The Morgan fingerprint density at radius 2 is 1.39 bits per heavy atom. The van der Waals surface area contributed by atoms with Crippen molar-refractivity contribution >= 4 is 22.4 Å². The lowest BCUT2D eigenvalue weighted by molar-refractivity contribution is -0.141. The first-order valence-electron chi connectivity index (χ1n) is 15.7. The SMILES string of the molecule is CCOc1c(F)cc(Cc2cc(C3CC(OCc4ccccc4)CC(COCc4ccccc4)O3)c3ccccc3c2Cl)cc1F. The lowest BCUT2D eigenvalue weighted by atomic mass is 9.89. The van der Waals surface area contributed by atoms with Crippen LogP contribution in [0.1, 0.15) is 53.7 Å². The van der Waals surface area contributed by atoms with Gasteiger partial charge in [-0.05, 0) is 58.7 Å². The van der Waals surface area contributed by atoms with E-state index in [1.165, 1.54) is 12.1 Å². The summed E-state index contributed by atoms with van der Waals surface area (Å²) in [5, 5.41) is 2.37. The van der Waals surface area contributed by atoms with Gasteiger partial charge in [0.15, 0.2) is 17.4 Å². The highest BCUT2D eigenvalue weighted by Crippen LogP contribution is 2.41. The summed E-state index contributed by atoms with van der Waals surface area (Å²) in [7, 11) is 0. The molecule has 0 aliphatic carbocycles. The van der Waals surface area contributed by atoms with Crippen LogP contribution in [0, 0.1) is 11.6 Å². The number of halogens is 3. The van der Waals surface area contributed by atoms with Gasteiger partial charge in [-0.3, -0.25) is 0 Å². The molecule has 5 aromatic rings. The van der Waals surface area contributed by atoms with Crippen LogP contribution in [0.2, 0.25) is 5.02 Å². The van der Waals surface area contributed by atoms with E-state index in [0.29, 0.717) is 43.2 Å². The van der Waals surface area contributed by atoms with Gasteiger partial charge in [0.25, 0.3) is 0 Å². The van der Waals surface area contributed by atoms with Gasteiger partial charge < -0.3 is 18.9 Å². The second kappa shape index (κ2) is 15.2. The standard InChI is InChI=1S/C39H37ClF2O4/c1-2-44-39-35(41)18-28(19-36(39)42)17-29-20-34(32-15-9-10-16-33(32)38(29)40)37-22-30(45-24-27-13-7-4-8-14-27)21-31(46-37)25-43-23-26-11-5-3-6-12-26/h3-16,18-20,30-31,37H,2,17,21-25H2,1H3. The van der Waals surface area contributed by atoms with Crippen molar-refractivity contribution in [1.29, 1.82) is 0 Å². The summed E-state index contributed by atoms with van der Waals surface area (Å²) in [6.45, 7) is 3.26.